The average Bonchev–Trinajstić information content (AvgIpc) is 3.46. The third-order valence-electron chi connectivity index (χ3n) is 9.79. The van der Waals surface area contributed by atoms with Crippen molar-refractivity contribution in [2.75, 3.05) is 45.2 Å². The number of benzene rings is 3. The number of likely N-dealkylation sites (tertiary alicyclic amines) is 1. The number of piperidine rings is 1. The first-order valence-electron chi connectivity index (χ1n) is 15.6. The van der Waals surface area contributed by atoms with E-state index < -0.39 is 5.82 Å². The topological polar surface area (TPSA) is 61.9 Å². The van der Waals surface area contributed by atoms with Crippen LogP contribution in [0.2, 0.25) is 5.02 Å². The number of carbonyl (C=O) groups excluding carboxylic acids is 1. The number of likely N-dealkylation sites (N-methyl/N-ethyl adjacent to an activating group) is 1. The molecule has 2 fully saturated rings. The third-order valence-corrected chi connectivity index (χ3v) is 10.1. The van der Waals surface area contributed by atoms with Gasteiger partial charge in [0, 0.05) is 42.7 Å². The maximum Gasteiger partial charge on any atom is 0.246 e. The van der Waals surface area contributed by atoms with Crippen molar-refractivity contribution in [1.29, 1.82) is 0 Å². The van der Waals surface area contributed by atoms with Gasteiger partial charge in [0.05, 0.1) is 16.9 Å². The number of amides is 1. The van der Waals surface area contributed by atoms with Crippen LogP contribution in [0, 0.1) is 19.3 Å². The van der Waals surface area contributed by atoms with E-state index in [2.05, 4.69) is 39.9 Å². The molecule has 0 N–H and O–H groups in total. The summed E-state index contributed by atoms with van der Waals surface area (Å²) in [7, 11) is 4.12. The van der Waals surface area contributed by atoms with Gasteiger partial charge in [0.1, 0.15) is 17.1 Å². The van der Waals surface area contributed by atoms with Crippen LogP contribution in [-0.2, 0) is 4.79 Å². The maximum absolute atomic E-state index is 17.1. The lowest BCUT2D eigenvalue weighted by molar-refractivity contribution is -0.129. The summed E-state index contributed by atoms with van der Waals surface area (Å²) in [6, 6.07) is 13.8. The van der Waals surface area contributed by atoms with E-state index in [9.17, 15) is 4.79 Å². The number of imidazole rings is 1. The first-order valence-corrected chi connectivity index (χ1v) is 15.9. The molecule has 0 saturated carbocycles. The van der Waals surface area contributed by atoms with Gasteiger partial charge < -0.3 is 24.1 Å². The molecule has 2 aromatic heterocycles. The van der Waals surface area contributed by atoms with E-state index in [1.165, 1.54) is 6.08 Å². The SMILES string of the molecule is [C-]#[N+]C[C@@H]1C[C@@H](n2cnc3c(N4CC(N(C)C)C4)nc4c(F)c(-c5cccc6cccc(C)c56)c(Cl)cc4c32)CCN1C(=O)C=C. The highest BCUT2D eigenvalue weighted by Gasteiger charge is 2.36. The van der Waals surface area contributed by atoms with Crippen LogP contribution in [0.3, 0.4) is 0 Å². The molecule has 8 nitrogen and oxygen atoms in total. The number of fused-ring (bicyclic) bond motifs is 4. The zero-order chi connectivity index (χ0) is 32.3. The van der Waals surface area contributed by atoms with Gasteiger partial charge in [-0.1, -0.05) is 54.6 Å². The predicted octanol–water partition coefficient (Wildman–Crippen LogP) is 6.89. The molecule has 0 bridgehead atoms. The van der Waals surface area contributed by atoms with Gasteiger partial charge in [0.25, 0.3) is 0 Å². The van der Waals surface area contributed by atoms with E-state index in [1.807, 2.05) is 49.4 Å². The number of halogens is 2. The summed E-state index contributed by atoms with van der Waals surface area (Å²) in [6.07, 6.45) is 4.34. The largest absolute Gasteiger partial charge is 0.351 e. The van der Waals surface area contributed by atoms with Crippen LogP contribution < -0.4 is 4.90 Å². The second kappa shape index (κ2) is 11.7. The maximum atomic E-state index is 17.1. The number of nitrogens with zero attached hydrogens (tertiary/aromatic N) is 7. The Bertz CT molecular complexity index is 2070. The highest BCUT2D eigenvalue weighted by molar-refractivity contribution is 6.35. The summed E-state index contributed by atoms with van der Waals surface area (Å²) in [5.41, 5.74) is 3.82. The van der Waals surface area contributed by atoms with Crippen molar-refractivity contribution in [3.8, 4) is 11.1 Å². The van der Waals surface area contributed by atoms with E-state index in [4.69, 9.17) is 28.1 Å². The lowest BCUT2D eigenvalue weighted by atomic mass is 9.93. The van der Waals surface area contributed by atoms with Crippen molar-refractivity contribution in [3.05, 3.63) is 89.3 Å². The second-order valence-corrected chi connectivity index (χ2v) is 13.0. The molecule has 0 radical (unpaired) electrons. The Morgan fingerprint density at radius 2 is 1.98 bits per heavy atom. The van der Waals surface area contributed by atoms with Crippen LogP contribution in [0.5, 0.6) is 0 Å². The highest BCUT2D eigenvalue weighted by atomic mass is 35.5. The van der Waals surface area contributed by atoms with Crippen LogP contribution in [0.15, 0.2) is 61.4 Å². The van der Waals surface area contributed by atoms with Crippen LogP contribution in [0.25, 0.3) is 48.7 Å². The monoisotopic (exact) mass is 635 g/mol. The molecular weight excluding hydrogens is 601 g/mol. The lowest BCUT2D eigenvalue weighted by Crippen LogP contribution is -2.57. The summed E-state index contributed by atoms with van der Waals surface area (Å²) in [6.45, 7) is 15.4. The van der Waals surface area contributed by atoms with Crippen LogP contribution in [0.1, 0.15) is 24.4 Å². The molecular formula is C36H35ClFN7O. The molecule has 1 amide bonds. The minimum absolute atomic E-state index is 0.0581. The predicted molar refractivity (Wildman–Crippen MR) is 183 cm³/mol. The normalized spacial score (nSPS) is 18.8. The molecule has 2 aliphatic rings. The fraction of sp³-hybridized carbons (Fsp3) is 0.333. The Morgan fingerprint density at radius 1 is 1.22 bits per heavy atom. The molecule has 3 aromatic carbocycles. The van der Waals surface area contributed by atoms with E-state index in [0.717, 1.165) is 40.5 Å². The fourth-order valence-corrected chi connectivity index (χ4v) is 7.55. The van der Waals surface area contributed by atoms with Crippen molar-refractivity contribution in [2.24, 2.45) is 0 Å². The molecule has 46 heavy (non-hydrogen) atoms. The van der Waals surface area contributed by atoms with E-state index in [0.29, 0.717) is 52.7 Å². The van der Waals surface area contributed by atoms with Crippen LogP contribution in [0.4, 0.5) is 10.2 Å². The zero-order valence-electron chi connectivity index (χ0n) is 26.2. The first kappa shape index (κ1) is 30.2. The number of carbonyl (C=O) groups is 1. The van der Waals surface area contributed by atoms with Crippen LogP contribution in [-0.4, -0.2) is 82.6 Å². The molecule has 0 spiro atoms. The Hall–Kier alpha value is -4.52. The van der Waals surface area contributed by atoms with Crippen molar-refractivity contribution in [3.63, 3.8) is 0 Å². The van der Waals surface area contributed by atoms with Gasteiger partial charge in [0.15, 0.2) is 11.6 Å². The van der Waals surface area contributed by atoms with Gasteiger partial charge in [-0.2, -0.15) is 0 Å². The number of hydrogen-bond acceptors (Lipinski definition) is 5. The molecule has 0 aliphatic carbocycles. The molecule has 2 atom stereocenters. The minimum atomic E-state index is -0.462. The molecule has 2 aliphatic heterocycles. The Morgan fingerprint density at radius 3 is 2.70 bits per heavy atom. The third kappa shape index (κ3) is 4.79. The average molecular weight is 636 g/mol. The number of aromatic nitrogens is 3. The molecule has 10 heteroatoms. The first-order chi connectivity index (χ1) is 22.2. The van der Waals surface area contributed by atoms with Gasteiger partial charge >= 0.3 is 0 Å². The standard InChI is InChI=1S/C36H35ClFN7O/c1-6-29(46)44-14-13-23(15-24(44)17-39-3)45-20-40-34-35(45)27-16-28(37)31(26-12-8-11-22-10-7-9-21(2)30(22)26)32(38)33(27)41-36(34)43-18-25(19-43)42(4)5/h6-12,16,20,23-25H,1,13-15,17-19H2,2,4-5H3/t23-,24-/m0/s1. The summed E-state index contributed by atoms with van der Waals surface area (Å²) in [4.78, 5) is 32.2. The zero-order valence-corrected chi connectivity index (χ0v) is 26.9. The lowest BCUT2D eigenvalue weighted by Gasteiger charge is -2.43. The van der Waals surface area contributed by atoms with Crippen molar-refractivity contribution in [1.82, 2.24) is 24.3 Å². The Kier molecular flexibility index (Phi) is 7.66. The summed E-state index contributed by atoms with van der Waals surface area (Å²) in [5.74, 6) is 0.0199. The van der Waals surface area contributed by atoms with Gasteiger partial charge in [-0.3, -0.25) is 4.79 Å². The molecule has 2 saturated heterocycles. The quantitative estimate of drug-likeness (QED) is 0.150. The number of pyridine rings is 1. The molecule has 7 rings (SSSR count). The number of rotatable bonds is 6. The van der Waals surface area contributed by atoms with Gasteiger partial charge in [-0.25, -0.2) is 20.9 Å². The van der Waals surface area contributed by atoms with Crippen molar-refractivity contribution < 1.29 is 9.18 Å². The molecule has 0 unspecified atom stereocenters. The Balaban J connectivity index is 1.44. The van der Waals surface area contributed by atoms with Crippen molar-refractivity contribution in [2.45, 2.75) is 37.9 Å². The number of aryl methyl sites for hydroxylation is 1. The van der Waals surface area contributed by atoms with E-state index in [1.54, 1.807) is 11.2 Å². The van der Waals surface area contributed by atoms with Gasteiger partial charge in [-0.05, 0) is 67.9 Å². The summed E-state index contributed by atoms with van der Waals surface area (Å²) in [5, 5.41) is 2.87. The highest BCUT2D eigenvalue weighted by Crippen LogP contribution is 2.44. The molecule has 5 aromatic rings. The fourth-order valence-electron chi connectivity index (χ4n) is 7.25. The van der Waals surface area contributed by atoms with E-state index in [-0.39, 0.29) is 30.1 Å². The molecule has 4 heterocycles. The number of hydrogen-bond donors (Lipinski definition) is 0. The van der Waals surface area contributed by atoms with Gasteiger partial charge in [-0.15, -0.1) is 0 Å². The van der Waals surface area contributed by atoms with Crippen molar-refractivity contribution >= 4 is 56.0 Å². The van der Waals surface area contributed by atoms with Gasteiger partial charge in [0.2, 0.25) is 12.5 Å². The Labute approximate surface area is 272 Å². The minimum Gasteiger partial charge on any atom is -0.351 e. The smallest absolute Gasteiger partial charge is 0.246 e. The molecule has 234 valence electrons. The summed E-state index contributed by atoms with van der Waals surface area (Å²) < 4.78 is 19.2. The van der Waals surface area contributed by atoms with E-state index >= 15 is 4.39 Å². The summed E-state index contributed by atoms with van der Waals surface area (Å²) >= 11 is 7.03. The number of anilines is 1. The second-order valence-electron chi connectivity index (χ2n) is 12.6. The van der Waals surface area contributed by atoms with Crippen LogP contribution >= 0.6 is 11.6 Å².